The predicted octanol–water partition coefficient (Wildman–Crippen LogP) is 4.38. The molecule has 4 rings (SSSR count). The monoisotopic (exact) mass is 391 g/mol. The van der Waals surface area contributed by atoms with Crippen LogP contribution in [0.1, 0.15) is 49.1 Å². The lowest BCUT2D eigenvalue weighted by Gasteiger charge is -2.16. The van der Waals surface area contributed by atoms with E-state index < -0.39 is 0 Å². The molecule has 1 aliphatic rings. The van der Waals surface area contributed by atoms with Gasteiger partial charge in [0.25, 0.3) is 0 Å². The van der Waals surface area contributed by atoms with Gasteiger partial charge in [0.15, 0.2) is 0 Å². The molecule has 0 radical (unpaired) electrons. The van der Waals surface area contributed by atoms with Crippen molar-refractivity contribution in [3.05, 3.63) is 65.5 Å². The summed E-state index contributed by atoms with van der Waals surface area (Å²) in [5, 5.41) is 4.13. The third-order valence-electron chi connectivity index (χ3n) is 5.35. The van der Waals surface area contributed by atoms with Crippen molar-refractivity contribution in [2.24, 2.45) is 0 Å². The summed E-state index contributed by atoms with van der Waals surface area (Å²) >= 11 is 0. The number of likely N-dealkylation sites (tertiary alicyclic amines) is 1. The summed E-state index contributed by atoms with van der Waals surface area (Å²) in [5.74, 6) is 2.37. The zero-order valence-corrected chi connectivity index (χ0v) is 17.0. The van der Waals surface area contributed by atoms with Crippen LogP contribution in [0.3, 0.4) is 0 Å². The van der Waals surface area contributed by atoms with Gasteiger partial charge in [-0.05, 0) is 29.2 Å². The normalized spacial score (nSPS) is 16.6. The third kappa shape index (κ3) is 4.16. The summed E-state index contributed by atoms with van der Waals surface area (Å²) < 4.78 is 10.8. The van der Waals surface area contributed by atoms with Gasteiger partial charge in [-0.2, -0.15) is 4.98 Å². The smallest absolute Gasteiger partial charge is 0.232 e. The number of amides is 1. The highest BCUT2D eigenvalue weighted by Gasteiger charge is 2.34. The molecule has 6 heteroatoms. The van der Waals surface area contributed by atoms with Crippen molar-refractivity contribution in [1.29, 1.82) is 0 Å². The van der Waals surface area contributed by atoms with Crippen molar-refractivity contribution >= 4 is 5.91 Å². The highest BCUT2D eigenvalue weighted by molar-refractivity contribution is 5.79. The molecule has 0 saturated carbocycles. The van der Waals surface area contributed by atoms with Crippen LogP contribution in [0.4, 0.5) is 0 Å². The van der Waals surface area contributed by atoms with Gasteiger partial charge in [-0.1, -0.05) is 55.4 Å². The van der Waals surface area contributed by atoms with E-state index in [0.29, 0.717) is 37.1 Å². The van der Waals surface area contributed by atoms with Gasteiger partial charge >= 0.3 is 0 Å². The van der Waals surface area contributed by atoms with E-state index in [9.17, 15) is 4.79 Å². The first kappa shape index (κ1) is 19.2. The molecule has 1 unspecified atom stereocenters. The highest BCUT2D eigenvalue weighted by Crippen LogP contribution is 2.30. The van der Waals surface area contributed by atoms with Gasteiger partial charge in [-0.15, -0.1) is 0 Å². The Hall–Kier alpha value is -3.15. The van der Waals surface area contributed by atoms with E-state index in [0.717, 1.165) is 16.9 Å². The lowest BCUT2D eigenvalue weighted by Crippen LogP contribution is -2.24. The van der Waals surface area contributed by atoms with Crippen molar-refractivity contribution in [2.75, 3.05) is 13.7 Å². The molecule has 1 atom stereocenters. The molecule has 6 nitrogen and oxygen atoms in total. The fourth-order valence-electron chi connectivity index (χ4n) is 3.62. The molecule has 0 N–H and O–H groups in total. The number of ether oxygens (including phenoxy) is 1. The quantitative estimate of drug-likeness (QED) is 0.624. The summed E-state index contributed by atoms with van der Waals surface area (Å²) in [4.78, 5) is 18.9. The molecular formula is C23H25N3O3. The molecule has 1 aliphatic heterocycles. The molecule has 150 valence electrons. The van der Waals surface area contributed by atoms with E-state index in [1.54, 1.807) is 7.11 Å². The molecule has 0 aliphatic carbocycles. The van der Waals surface area contributed by atoms with Crippen molar-refractivity contribution < 1.29 is 14.1 Å². The molecule has 1 saturated heterocycles. The fourth-order valence-corrected chi connectivity index (χ4v) is 3.62. The van der Waals surface area contributed by atoms with E-state index in [2.05, 4.69) is 36.1 Å². The number of carbonyl (C=O) groups excluding carboxylic acids is 1. The lowest BCUT2D eigenvalue weighted by molar-refractivity contribution is -0.128. The van der Waals surface area contributed by atoms with Gasteiger partial charge in [0.2, 0.25) is 17.6 Å². The molecule has 0 bridgehead atoms. The minimum atomic E-state index is -0.0794. The predicted molar refractivity (Wildman–Crippen MR) is 110 cm³/mol. The largest absolute Gasteiger partial charge is 0.497 e. The maximum Gasteiger partial charge on any atom is 0.232 e. The zero-order valence-electron chi connectivity index (χ0n) is 17.0. The SMILES string of the molecule is COc1cccc(CN2CC(c3nc(-c4ccc(C(C)C)cc4)no3)CC2=O)c1. The first-order valence-corrected chi connectivity index (χ1v) is 9.88. The highest BCUT2D eigenvalue weighted by atomic mass is 16.5. The molecule has 1 fully saturated rings. The summed E-state index contributed by atoms with van der Waals surface area (Å²) in [5.41, 5.74) is 3.23. The summed E-state index contributed by atoms with van der Waals surface area (Å²) in [6.07, 6.45) is 0.387. The second-order valence-electron chi connectivity index (χ2n) is 7.76. The number of hydrogen-bond acceptors (Lipinski definition) is 5. The van der Waals surface area contributed by atoms with Crippen LogP contribution in [0, 0.1) is 0 Å². The number of hydrogen-bond donors (Lipinski definition) is 0. The van der Waals surface area contributed by atoms with Crippen molar-refractivity contribution in [2.45, 2.75) is 38.6 Å². The molecule has 1 aromatic heterocycles. The first-order valence-electron chi connectivity index (χ1n) is 9.88. The summed E-state index contributed by atoms with van der Waals surface area (Å²) in [6.45, 7) is 5.44. The Bertz CT molecular complexity index is 995. The second kappa shape index (κ2) is 8.07. The zero-order chi connectivity index (χ0) is 20.4. The Labute approximate surface area is 170 Å². The van der Waals surface area contributed by atoms with Crippen molar-refractivity contribution in [1.82, 2.24) is 15.0 Å². The maximum atomic E-state index is 12.5. The van der Waals surface area contributed by atoms with E-state index in [-0.39, 0.29) is 11.8 Å². The molecule has 2 aromatic carbocycles. The van der Waals surface area contributed by atoms with Gasteiger partial charge in [-0.25, -0.2) is 0 Å². The van der Waals surface area contributed by atoms with E-state index >= 15 is 0 Å². The van der Waals surface area contributed by atoms with Crippen LogP contribution in [0.5, 0.6) is 5.75 Å². The van der Waals surface area contributed by atoms with Crippen LogP contribution in [0.25, 0.3) is 11.4 Å². The van der Waals surface area contributed by atoms with Gasteiger partial charge in [0, 0.05) is 25.1 Å². The minimum Gasteiger partial charge on any atom is -0.497 e. The van der Waals surface area contributed by atoms with Gasteiger partial charge in [0.1, 0.15) is 5.75 Å². The Morgan fingerprint density at radius 3 is 2.72 bits per heavy atom. The van der Waals surface area contributed by atoms with Gasteiger partial charge < -0.3 is 14.2 Å². The third-order valence-corrected chi connectivity index (χ3v) is 5.35. The summed E-state index contributed by atoms with van der Waals surface area (Å²) in [6, 6.07) is 16.0. The molecule has 1 amide bonds. The Morgan fingerprint density at radius 2 is 2.00 bits per heavy atom. The number of aromatic nitrogens is 2. The Morgan fingerprint density at radius 1 is 1.21 bits per heavy atom. The Balaban J connectivity index is 1.45. The average molecular weight is 391 g/mol. The van der Waals surface area contributed by atoms with Gasteiger partial charge in [0.05, 0.1) is 13.0 Å². The van der Waals surface area contributed by atoms with Crippen molar-refractivity contribution in [3.63, 3.8) is 0 Å². The average Bonchev–Trinajstić information content (AvgIpc) is 3.36. The number of rotatable bonds is 6. The topological polar surface area (TPSA) is 68.5 Å². The van der Waals surface area contributed by atoms with Gasteiger partial charge in [-0.3, -0.25) is 4.79 Å². The van der Waals surface area contributed by atoms with Crippen molar-refractivity contribution in [3.8, 4) is 17.1 Å². The fraction of sp³-hybridized carbons (Fsp3) is 0.348. The number of benzene rings is 2. The van der Waals surface area contributed by atoms with Crippen LogP contribution >= 0.6 is 0 Å². The molecular weight excluding hydrogens is 366 g/mol. The molecule has 29 heavy (non-hydrogen) atoms. The molecule has 3 aromatic rings. The number of nitrogens with zero attached hydrogens (tertiary/aromatic N) is 3. The van der Waals surface area contributed by atoms with Crippen LogP contribution in [0.15, 0.2) is 53.1 Å². The minimum absolute atomic E-state index is 0.0794. The molecule has 2 heterocycles. The first-order chi connectivity index (χ1) is 14.0. The van der Waals surface area contributed by atoms with Crippen LogP contribution in [-0.4, -0.2) is 34.6 Å². The Kier molecular flexibility index (Phi) is 5.34. The van der Waals surface area contributed by atoms with E-state index in [1.165, 1.54) is 5.56 Å². The summed E-state index contributed by atoms with van der Waals surface area (Å²) in [7, 11) is 1.64. The van der Waals surface area contributed by atoms with E-state index in [1.807, 2.05) is 41.3 Å². The van der Waals surface area contributed by atoms with E-state index in [4.69, 9.17) is 9.26 Å². The van der Waals surface area contributed by atoms with Crippen LogP contribution in [0.2, 0.25) is 0 Å². The van der Waals surface area contributed by atoms with Crippen LogP contribution < -0.4 is 4.74 Å². The van der Waals surface area contributed by atoms with Crippen LogP contribution in [-0.2, 0) is 11.3 Å². The maximum absolute atomic E-state index is 12.5. The number of carbonyl (C=O) groups is 1. The number of methoxy groups -OCH3 is 1. The standard InChI is InChI=1S/C23H25N3O3/c1-15(2)17-7-9-18(10-8-17)22-24-23(29-25-22)19-12-21(27)26(14-19)13-16-5-4-6-20(11-16)28-3/h4-11,15,19H,12-14H2,1-3H3. The molecule has 0 spiro atoms. The lowest BCUT2D eigenvalue weighted by atomic mass is 10.0. The second-order valence-corrected chi connectivity index (χ2v) is 7.76.